The fourth-order valence-corrected chi connectivity index (χ4v) is 1.18. The summed E-state index contributed by atoms with van der Waals surface area (Å²) in [6.45, 7) is 0.1000. The van der Waals surface area contributed by atoms with Crippen molar-refractivity contribution in [2.75, 3.05) is 0 Å². The molecule has 0 saturated carbocycles. The number of hydrogen-bond acceptors (Lipinski definition) is 2. The number of hydrogen-bond donors (Lipinski definition) is 2. The van der Waals surface area contributed by atoms with Crippen LogP contribution in [0.1, 0.15) is 11.1 Å². The van der Waals surface area contributed by atoms with E-state index in [0.717, 1.165) is 12.1 Å². The zero-order valence-electron chi connectivity index (χ0n) is 7.03. The molecule has 1 aromatic rings. The molecule has 6 heteroatoms. The normalized spacial score (nSPS) is 11.8. The van der Waals surface area contributed by atoms with Crippen molar-refractivity contribution in [1.29, 1.82) is 0 Å². The predicted octanol–water partition coefficient (Wildman–Crippen LogP) is 2.32. The summed E-state index contributed by atoms with van der Waals surface area (Å²) in [5.41, 5.74) is 1.85. The Morgan fingerprint density at radius 3 is 2.50 bits per heavy atom. The molecular weight excluding hydrogens is 217 g/mol. The molecule has 0 unspecified atom stereocenters. The van der Waals surface area contributed by atoms with E-state index >= 15 is 0 Å². The Balaban J connectivity index is 3.06. The van der Waals surface area contributed by atoms with Crippen LogP contribution in [0.15, 0.2) is 18.2 Å². The Morgan fingerprint density at radius 2 is 2.00 bits per heavy atom. The van der Waals surface area contributed by atoms with Gasteiger partial charge in [0.2, 0.25) is 0 Å². The van der Waals surface area contributed by atoms with Gasteiger partial charge in [0.15, 0.2) is 0 Å². The third kappa shape index (κ3) is 2.60. The molecule has 0 fully saturated rings. The smallest absolute Gasteiger partial charge is 0.271 e. The van der Waals surface area contributed by atoms with Crippen LogP contribution < -0.4 is 11.3 Å². The number of nitrogens with two attached hydrogens (primary N) is 1. The summed E-state index contributed by atoms with van der Waals surface area (Å²) in [7, 11) is 0. The second kappa shape index (κ2) is 4.16. The molecule has 3 N–H and O–H groups in total. The van der Waals surface area contributed by atoms with Gasteiger partial charge in [0, 0.05) is 11.6 Å². The van der Waals surface area contributed by atoms with E-state index in [9.17, 15) is 13.2 Å². The molecule has 0 radical (unpaired) electrons. The second-order valence-corrected chi connectivity index (χ2v) is 3.09. The quantitative estimate of drug-likeness (QED) is 0.598. The molecule has 78 valence electrons. The van der Waals surface area contributed by atoms with E-state index in [1.165, 1.54) is 6.07 Å². The first-order valence-electron chi connectivity index (χ1n) is 3.74. The average Bonchev–Trinajstić information content (AvgIpc) is 2.07. The van der Waals surface area contributed by atoms with Crippen LogP contribution in [-0.4, -0.2) is 0 Å². The Labute approximate surface area is 83.8 Å². The van der Waals surface area contributed by atoms with Gasteiger partial charge in [-0.25, -0.2) is 0 Å². The van der Waals surface area contributed by atoms with Crippen molar-refractivity contribution in [3.8, 4) is 0 Å². The summed E-state index contributed by atoms with van der Waals surface area (Å²) in [5.74, 6) is 5.00. The summed E-state index contributed by atoms with van der Waals surface area (Å²) in [4.78, 5) is 0. The van der Waals surface area contributed by atoms with E-state index in [1.807, 2.05) is 0 Å². The molecule has 0 bridgehead atoms. The van der Waals surface area contributed by atoms with Gasteiger partial charge in [-0.3, -0.25) is 11.3 Å². The highest BCUT2D eigenvalue weighted by molar-refractivity contribution is 6.31. The fraction of sp³-hybridized carbons (Fsp3) is 0.250. The Kier molecular flexibility index (Phi) is 3.36. The zero-order valence-corrected chi connectivity index (χ0v) is 7.78. The van der Waals surface area contributed by atoms with Crippen molar-refractivity contribution in [2.45, 2.75) is 12.7 Å². The predicted molar refractivity (Wildman–Crippen MR) is 47.5 cm³/mol. The minimum absolute atomic E-state index is 0.1000. The molecule has 0 aliphatic rings. The summed E-state index contributed by atoms with van der Waals surface area (Å²) >= 11 is 5.66. The number of halogens is 4. The first-order valence-corrected chi connectivity index (χ1v) is 4.12. The molecule has 1 rings (SSSR count). The monoisotopic (exact) mass is 224 g/mol. The van der Waals surface area contributed by atoms with Gasteiger partial charge in [-0.2, -0.15) is 13.2 Å². The minimum Gasteiger partial charge on any atom is -0.271 e. The first-order chi connectivity index (χ1) is 6.45. The lowest BCUT2D eigenvalue weighted by Gasteiger charge is -2.09. The maximum atomic E-state index is 12.2. The van der Waals surface area contributed by atoms with Gasteiger partial charge >= 0.3 is 6.18 Å². The van der Waals surface area contributed by atoms with Crippen molar-refractivity contribution in [3.63, 3.8) is 0 Å². The van der Waals surface area contributed by atoms with E-state index in [0.29, 0.717) is 5.56 Å². The van der Waals surface area contributed by atoms with E-state index in [2.05, 4.69) is 5.43 Å². The molecular formula is C8H8ClF3N2. The third-order valence-electron chi connectivity index (χ3n) is 1.67. The number of hydrazine groups is 1. The number of nitrogens with one attached hydrogen (secondary N) is 1. The maximum absolute atomic E-state index is 12.2. The third-order valence-corrected chi connectivity index (χ3v) is 2.03. The van der Waals surface area contributed by atoms with Crippen LogP contribution >= 0.6 is 11.6 Å². The maximum Gasteiger partial charge on any atom is 0.416 e. The molecule has 0 spiro atoms. The van der Waals surface area contributed by atoms with Crippen LogP contribution in [0, 0.1) is 0 Å². The lowest BCUT2D eigenvalue weighted by atomic mass is 10.1. The van der Waals surface area contributed by atoms with Crippen LogP contribution in [0.3, 0.4) is 0 Å². The van der Waals surface area contributed by atoms with Gasteiger partial charge in [-0.05, 0) is 23.8 Å². The summed E-state index contributed by atoms with van der Waals surface area (Å²) in [5, 5.41) is 0.260. The summed E-state index contributed by atoms with van der Waals surface area (Å²) < 4.78 is 36.7. The minimum atomic E-state index is -4.35. The Hall–Kier alpha value is -0.780. The highest BCUT2D eigenvalue weighted by Gasteiger charge is 2.30. The van der Waals surface area contributed by atoms with Crippen LogP contribution in [0.2, 0.25) is 5.02 Å². The fourth-order valence-electron chi connectivity index (χ4n) is 0.996. The molecule has 0 aliphatic carbocycles. The van der Waals surface area contributed by atoms with Crippen molar-refractivity contribution >= 4 is 11.6 Å². The topological polar surface area (TPSA) is 38.0 Å². The summed E-state index contributed by atoms with van der Waals surface area (Å²) in [6, 6.07) is 3.11. The van der Waals surface area contributed by atoms with Gasteiger partial charge in [0.25, 0.3) is 0 Å². The van der Waals surface area contributed by atoms with Crippen molar-refractivity contribution in [3.05, 3.63) is 34.3 Å². The number of rotatable bonds is 2. The van der Waals surface area contributed by atoms with Crippen LogP contribution in [-0.2, 0) is 12.7 Å². The van der Waals surface area contributed by atoms with E-state index < -0.39 is 11.7 Å². The van der Waals surface area contributed by atoms with E-state index in [4.69, 9.17) is 17.4 Å². The highest BCUT2D eigenvalue weighted by Crippen LogP contribution is 2.31. The molecule has 2 nitrogen and oxygen atoms in total. The van der Waals surface area contributed by atoms with Crippen LogP contribution in [0.5, 0.6) is 0 Å². The zero-order chi connectivity index (χ0) is 10.8. The Bertz CT molecular complexity index is 325. The van der Waals surface area contributed by atoms with Gasteiger partial charge in [0.1, 0.15) is 0 Å². The highest BCUT2D eigenvalue weighted by atomic mass is 35.5. The standard InChI is InChI=1S/C8H8ClF3N2/c9-7-2-1-6(8(10,11)12)3-5(7)4-14-13/h1-3,14H,4,13H2. The van der Waals surface area contributed by atoms with Crippen molar-refractivity contribution in [2.24, 2.45) is 5.84 Å². The molecule has 0 saturated heterocycles. The van der Waals surface area contributed by atoms with Crippen molar-refractivity contribution in [1.82, 2.24) is 5.43 Å². The first kappa shape index (κ1) is 11.3. The van der Waals surface area contributed by atoms with Crippen LogP contribution in [0.25, 0.3) is 0 Å². The SMILES string of the molecule is NNCc1cc(C(F)(F)F)ccc1Cl. The Morgan fingerprint density at radius 1 is 1.36 bits per heavy atom. The molecule has 1 aromatic carbocycles. The molecule has 0 amide bonds. The number of alkyl halides is 3. The van der Waals surface area contributed by atoms with Gasteiger partial charge in [-0.15, -0.1) is 0 Å². The van der Waals surface area contributed by atoms with E-state index in [-0.39, 0.29) is 11.6 Å². The second-order valence-electron chi connectivity index (χ2n) is 2.68. The lowest BCUT2D eigenvalue weighted by molar-refractivity contribution is -0.137. The van der Waals surface area contributed by atoms with Crippen molar-refractivity contribution < 1.29 is 13.2 Å². The lowest BCUT2D eigenvalue weighted by Crippen LogP contribution is -2.21. The van der Waals surface area contributed by atoms with Gasteiger partial charge < -0.3 is 0 Å². The molecule has 0 aromatic heterocycles. The molecule has 0 aliphatic heterocycles. The average molecular weight is 225 g/mol. The van der Waals surface area contributed by atoms with Gasteiger partial charge in [-0.1, -0.05) is 11.6 Å². The largest absolute Gasteiger partial charge is 0.416 e. The molecule has 0 atom stereocenters. The summed E-state index contributed by atoms with van der Waals surface area (Å²) in [6.07, 6.45) is -4.35. The molecule has 14 heavy (non-hydrogen) atoms. The molecule has 0 heterocycles. The number of benzene rings is 1. The van der Waals surface area contributed by atoms with Crippen LogP contribution in [0.4, 0.5) is 13.2 Å². The van der Waals surface area contributed by atoms with Gasteiger partial charge in [0.05, 0.1) is 5.56 Å². The van der Waals surface area contributed by atoms with E-state index in [1.54, 1.807) is 0 Å².